The Morgan fingerprint density at radius 3 is 2.86 bits per heavy atom. The molecule has 1 aromatic rings. The highest BCUT2D eigenvalue weighted by Crippen LogP contribution is 2.36. The van der Waals surface area contributed by atoms with Crippen LogP contribution in [0.2, 0.25) is 0 Å². The molecule has 1 atom stereocenters. The van der Waals surface area contributed by atoms with Crippen molar-refractivity contribution in [3.63, 3.8) is 0 Å². The Hall–Kier alpha value is -1.46. The second kappa shape index (κ2) is 6.12. The second-order valence-corrected chi connectivity index (χ2v) is 7.98. The lowest BCUT2D eigenvalue weighted by molar-refractivity contribution is -0.110. The monoisotopic (exact) mass is 323 g/mol. The molecule has 1 aromatic carbocycles. The van der Waals surface area contributed by atoms with Crippen LogP contribution in [0.1, 0.15) is 20.8 Å². The van der Waals surface area contributed by atoms with Crippen molar-refractivity contribution in [1.29, 1.82) is 0 Å². The molecule has 0 fully saturated rings. The zero-order chi connectivity index (χ0) is 15.5. The highest BCUT2D eigenvalue weighted by Gasteiger charge is 2.34. The van der Waals surface area contributed by atoms with Crippen LogP contribution in [0.15, 0.2) is 46.4 Å². The summed E-state index contributed by atoms with van der Waals surface area (Å²) in [6.45, 7) is 6.49. The summed E-state index contributed by atoms with van der Waals surface area (Å²) in [7, 11) is 0. The number of nitrogens with one attached hydrogen (secondary N) is 1. The zero-order valence-electron chi connectivity index (χ0n) is 12.2. The minimum atomic E-state index is -1.32. The number of allylic oxidation sites excluding steroid dienone is 1. The molecular weight excluding hydrogens is 306 g/mol. The van der Waals surface area contributed by atoms with Crippen molar-refractivity contribution >= 4 is 41.7 Å². The second-order valence-electron chi connectivity index (χ2n) is 5.55. The van der Waals surface area contributed by atoms with Crippen molar-refractivity contribution in [1.82, 2.24) is 5.32 Å². The van der Waals surface area contributed by atoms with Gasteiger partial charge >= 0.3 is 0 Å². The number of carbonyl (C=O) groups is 1. The summed E-state index contributed by atoms with van der Waals surface area (Å²) in [4.78, 5) is 17.8. The topological polar surface area (TPSA) is 44.7 Å². The summed E-state index contributed by atoms with van der Waals surface area (Å²) in [6, 6.07) is 7.99. The maximum Gasteiger partial charge on any atom is 0.294 e. The van der Waals surface area contributed by atoms with Gasteiger partial charge in [0.25, 0.3) is 5.25 Å². The maximum atomic E-state index is 10.8. The summed E-state index contributed by atoms with van der Waals surface area (Å²) >= 11 is 8.16. The number of hydrogen-bond donors (Lipinski definition) is 1. The predicted molar refractivity (Wildman–Crippen MR) is 89.9 cm³/mol. The normalized spacial score (nSPS) is 21.4. The standard InChI is InChI=1S/C15H18ClN3OS/c1-14(2,3)21-13-7-4-6-12(10-13)19-9-5-8-17-15(19,16)18-11-20/h4-11H,1-3H3,(H,18,20). The quantitative estimate of drug-likeness (QED) is 0.399. The average molecular weight is 324 g/mol. The molecule has 1 amide bonds. The Morgan fingerprint density at radius 2 is 2.19 bits per heavy atom. The van der Waals surface area contributed by atoms with Crippen LogP contribution in [-0.4, -0.2) is 22.6 Å². The van der Waals surface area contributed by atoms with Crippen LogP contribution in [0.4, 0.5) is 5.69 Å². The minimum Gasteiger partial charge on any atom is -0.304 e. The molecule has 21 heavy (non-hydrogen) atoms. The third-order valence-electron chi connectivity index (χ3n) is 2.65. The molecule has 0 aliphatic carbocycles. The summed E-state index contributed by atoms with van der Waals surface area (Å²) < 4.78 is 0.119. The number of alkyl halides is 1. The fraction of sp³-hybridized carbons (Fsp3) is 0.333. The summed E-state index contributed by atoms with van der Waals surface area (Å²) in [6.07, 6.45) is 5.67. The predicted octanol–water partition coefficient (Wildman–Crippen LogP) is 3.58. The van der Waals surface area contributed by atoms with E-state index in [1.807, 2.05) is 18.2 Å². The van der Waals surface area contributed by atoms with Gasteiger partial charge < -0.3 is 5.32 Å². The van der Waals surface area contributed by atoms with Crippen LogP contribution < -0.4 is 10.2 Å². The molecule has 0 saturated heterocycles. The lowest BCUT2D eigenvalue weighted by Crippen LogP contribution is -2.52. The van der Waals surface area contributed by atoms with Crippen LogP contribution in [0.3, 0.4) is 0 Å². The first-order valence-electron chi connectivity index (χ1n) is 6.55. The number of benzene rings is 1. The van der Waals surface area contributed by atoms with Crippen molar-refractivity contribution in [2.75, 3.05) is 4.90 Å². The first kappa shape index (κ1) is 15.9. The lowest BCUT2D eigenvalue weighted by atomic mass is 10.2. The van der Waals surface area contributed by atoms with Gasteiger partial charge in [-0.2, -0.15) is 0 Å². The Bertz CT molecular complexity index is 583. The average Bonchev–Trinajstić information content (AvgIpc) is 2.37. The molecule has 1 N–H and O–H groups in total. The molecule has 4 nitrogen and oxygen atoms in total. The Balaban J connectivity index is 2.32. The smallest absolute Gasteiger partial charge is 0.294 e. The number of nitrogens with zero attached hydrogens (tertiary/aromatic N) is 2. The van der Waals surface area contributed by atoms with Gasteiger partial charge in [0.15, 0.2) is 0 Å². The van der Waals surface area contributed by atoms with Gasteiger partial charge in [-0.1, -0.05) is 26.8 Å². The van der Waals surface area contributed by atoms with E-state index in [-0.39, 0.29) is 4.75 Å². The number of hydrogen-bond acceptors (Lipinski definition) is 4. The van der Waals surface area contributed by atoms with E-state index in [0.29, 0.717) is 6.41 Å². The lowest BCUT2D eigenvalue weighted by Gasteiger charge is -2.36. The van der Waals surface area contributed by atoms with E-state index in [4.69, 9.17) is 11.6 Å². The number of carbonyl (C=O) groups excluding carboxylic acids is 1. The van der Waals surface area contributed by atoms with Crippen LogP contribution >= 0.6 is 23.4 Å². The van der Waals surface area contributed by atoms with Gasteiger partial charge in [-0.15, -0.1) is 11.8 Å². The molecule has 1 aliphatic rings. The first-order valence-corrected chi connectivity index (χ1v) is 7.74. The molecule has 2 rings (SSSR count). The molecule has 1 aliphatic heterocycles. The molecule has 1 heterocycles. The van der Waals surface area contributed by atoms with Crippen LogP contribution in [0.5, 0.6) is 0 Å². The van der Waals surface area contributed by atoms with Gasteiger partial charge in [0.05, 0.1) is 0 Å². The maximum absolute atomic E-state index is 10.8. The molecule has 0 spiro atoms. The number of amides is 1. The van der Waals surface area contributed by atoms with E-state index in [1.54, 1.807) is 35.2 Å². The van der Waals surface area contributed by atoms with Gasteiger partial charge in [0, 0.05) is 27.7 Å². The van der Waals surface area contributed by atoms with Crippen molar-refractivity contribution < 1.29 is 4.79 Å². The number of anilines is 1. The van der Waals surface area contributed by atoms with Crippen LogP contribution in [0.25, 0.3) is 0 Å². The summed E-state index contributed by atoms with van der Waals surface area (Å²) in [5.41, 5.74) is 0.863. The third-order valence-corrected chi connectivity index (χ3v) is 4.14. The van der Waals surface area contributed by atoms with Gasteiger partial charge in [-0.25, -0.2) is 4.99 Å². The van der Waals surface area contributed by atoms with Gasteiger partial charge in [-0.3, -0.25) is 9.69 Å². The van der Waals surface area contributed by atoms with E-state index in [9.17, 15) is 4.79 Å². The van der Waals surface area contributed by atoms with E-state index in [2.05, 4.69) is 37.1 Å². The Labute approximate surface area is 134 Å². The minimum absolute atomic E-state index is 0.119. The van der Waals surface area contributed by atoms with E-state index < -0.39 is 5.25 Å². The van der Waals surface area contributed by atoms with Crippen molar-refractivity contribution in [3.8, 4) is 0 Å². The van der Waals surface area contributed by atoms with Crippen LogP contribution in [0, 0.1) is 0 Å². The van der Waals surface area contributed by atoms with Gasteiger partial charge in [0.1, 0.15) is 0 Å². The summed E-state index contributed by atoms with van der Waals surface area (Å²) in [5, 5.41) is 1.21. The highest BCUT2D eigenvalue weighted by atomic mass is 35.5. The van der Waals surface area contributed by atoms with Crippen molar-refractivity contribution in [2.24, 2.45) is 4.99 Å². The molecule has 6 heteroatoms. The van der Waals surface area contributed by atoms with E-state index in [1.165, 1.54) is 0 Å². The molecule has 1 unspecified atom stereocenters. The van der Waals surface area contributed by atoms with Crippen molar-refractivity contribution in [3.05, 3.63) is 36.5 Å². The number of aliphatic imine (C=N–C) groups is 1. The molecule has 0 aromatic heterocycles. The van der Waals surface area contributed by atoms with Gasteiger partial charge in [-0.05, 0) is 35.9 Å². The van der Waals surface area contributed by atoms with E-state index >= 15 is 0 Å². The largest absolute Gasteiger partial charge is 0.304 e. The highest BCUT2D eigenvalue weighted by molar-refractivity contribution is 8.00. The summed E-state index contributed by atoms with van der Waals surface area (Å²) in [5.74, 6) is 0. The first-order chi connectivity index (χ1) is 9.84. The third kappa shape index (κ3) is 4.02. The SMILES string of the molecule is CC(C)(C)Sc1cccc(N2C=CC=NC2(Cl)NC=O)c1. The Morgan fingerprint density at radius 1 is 1.43 bits per heavy atom. The zero-order valence-corrected chi connectivity index (χ0v) is 13.8. The van der Waals surface area contributed by atoms with E-state index in [0.717, 1.165) is 10.6 Å². The molecule has 0 saturated carbocycles. The van der Waals surface area contributed by atoms with Crippen LogP contribution in [-0.2, 0) is 4.79 Å². The molecular formula is C15H18ClN3OS. The molecule has 112 valence electrons. The number of halogens is 1. The number of rotatable bonds is 4. The Kier molecular flexibility index (Phi) is 4.64. The fourth-order valence-electron chi connectivity index (χ4n) is 1.92. The number of thioether (sulfide) groups is 1. The molecule has 0 bridgehead atoms. The van der Waals surface area contributed by atoms with Crippen molar-refractivity contribution in [2.45, 2.75) is 35.7 Å². The molecule has 0 radical (unpaired) electrons. The van der Waals surface area contributed by atoms with Gasteiger partial charge in [0.2, 0.25) is 6.41 Å². The fourth-order valence-corrected chi connectivity index (χ4v) is 3.20.